The van der Waals surface area contributed by atoms with Crippen molar-refractivity contribution < 1.29 is 9.59 Å². The number of hydrogen-bond acceptors (Lipinski definition) is 3. The minimum atomic E-state index is -0.552. The first-order valence-corrected chi connectivity index (χ1v) is 11.2. The van der Waals surface area contributed by atoms with Crippen LogP contribution in [0.25, 0.3) is 0 Å². The fourth-order valence-corrected chi connectivity index (χ4v) is 5.17. The lowest BCUT2D eigenvalue weighted by atomic mass is 9.65. The van der Waals surface area contributed by atoms with Crippen LogP contribution in [0.3, 0.4) is 0 Å². The minimum absolute atomic E-state index is 0.0122. The quantitative estimate of drug-likeness (QED) is 0.792. The van der Waals surface area contributed by atoms with Gasteiger partial charge in [-0.25, -0.2) is 4.99 Å². The van der Waals surface area contributed by atoms with E-state index < -0.39 is 10.8 Å². The number of aryl methyl sites for hydroxylation is 1. The Hall–Kier alpha value is -1.43. The monoisotopic (exact) mass is 407 g/mol. The molecule has 158 valence electrons. The van der Waals surface area contributed by atoms with E-state index in [1.807, 2.05) is 20.8 Å². The molecule has 6 heteroatoms. The molecule has 0 aliphatic heterocycles. The SMILES string of the molecule is CCCCc1cn(C(C)(C)C)s/c1=N\C(=O)[C@@H]1CC[C@](C)(C(=O)NC)C1(C)C. The molecular weight excluding hydrogens is 370 g/mol. The third-order valence-electron chi connectivity index (χ3n) is 6.66. The van der Waals surface area contributed by atoms with Gasteiger partial charge in [-0.2, -0.15) is 0 Å². The molecule has 0 aromatic carbocycles. The fourth-order valence-electron chi connectivity index (χ4n) is 4.13. The lowest BCUT2D eigenvalue weighted by Crippen LogP contribution is -2.47. The van der Waals surface area contributed by atoms with Crippen LogP contribution >= 0.6 is 11.5 Å². The molecule has 5 nitrogen and oxygen atoms in total. The van der Waals surface area contributed by atoms with Crippen LogP contribution in [0, 0.1) is 16.7 Å². The van der Waals surface area contributed by atoms with E-state index in [0.29, 0.717) is 12.8 Å². The van der Waals surface area contributed by atoms with Crippen molar-refractivity contribution >= 4 is 23.3 Å². The minimum Gasteiger partial charge on any atom is -0.359 e. The van der Waals surface area contributed by atoms with Gasteiger partial charge in [0.15, 0.2) is 0 Å². The average molecular weight is 408 g/mol. The highest BCUT2D eigenvalue weighted by Crippen LogP contribution is 2.56. The highest BCUT2D eigenvalue weighted by molar-refractivity contribution is 7.04. The van der Waals surface area contributed by atoms with Gasteiger partial charge in [-0.15, -0.1) is 0 Å². The third-order valence-corrected chi connectivity index (χ3v) is 8.03. The summed E-state index contributed by atoms with van der Waals surface area (Å²) in [6, 6.07) is 0. The maximum Gasteiger partial charge on any atom is 0.250 e. The van der Waals surface area contributed by atoms with Crippen molar-refractivity contribution in [1.29, 1.82) is 0 Å². The molecule has 0 bridgehead atoms. The summed E-state index contributed by atoms with van der Waals surface area (Å²) in [5, 5.41) is 2.78. The largest absolute Gasteiger partial charge is 0.359 e. The van der Waals surface area contributed by atoms with Gasteiger partial charge in [0, 0.05) is 30.3 Å². The summed E-state index contributed by atoms with van der Waals surface area (Å²) in [4.78, 5) is 30.3. The maximum atomic E-state index is 13.2. The number of hydrogen-bond donors (Lipinski definition) is 1. The second-order valence-corrected chi connectivity index (χ2v) is 10.8. The van der Waals surface area contributed by atoms with Crippen molar-refractivity contribution in [2.24, 2.45) is 21.7 Å². The van der Waals surface area contributed by atoms with E-state index >= 15 is 0 Å². The molecule has 0 saturated heterocycles. The van der Waals surface area contributed by atoms with Gasteiger partial charge in [-0.3, -0.25) is 13.5 Å². The van der Waals surface area contributed by atoms with E-state index in [2.05, 4.69) is 48.2 Å². The molecule has 2 atom stereocenters. The Morgan fingerprint density at radius 1 is 1.32 bits per heavy atom. The van der Waals surface area contributed by atoms with E-state index in [1.54, 1.807) is 18.6 Å². The van der Waals surface area contributed by atoms with Crippen molar-refractivity contribution in [3.63, 3.8) is 0 Å². The zero-order valence-electron chi connectivity index (χ0n) is 18.8. The van der Waals surface area contributed by atoms with Crippen molar-refractivity contribution in [1.82, 2.24) is 9.27 Å². The van der Waals surface area contributed by atoms with Crippen molar-refractivity contribution in [2.75, 3.05) is 7.05 Å². The first-order valence-electron chi connectivity index (χ1n) is 10.4. The van der Waals surface area contributed by atoms with Crippen LogP contribution in [0.1, 0.15) is 79.7 Å². The van der Waals surface area contributed by atoms with E-state index in [9.17, 15) is 9.59 Å². The van der Waals surface area contributed by atoms with Gasteiger partial charge >= 0.3 is 0 Å². The second-order valence-electron chi connectivity index (χ2n) is 9.83. The average Bonchev–Trinajstić information content (AvgIpc) is 3.11. The van der Waals surface area contributed by atoms with Gasteiger partial charge in [0.05, 0.1) is 5.41 Å². The highest BCUT2D eigenvalue weighted by atomic mass is 32.1. The maximum absolute atomic E-state index is 13.2. The van der Waals surface area contributed by atoms with Gasteiger partial charge in [0.25, 0.3) is 5.91 Å². The van der Waals surface area contributed by atoms with Crippen molar-refractivity contribution in [2.45, 2.75) is 86.1 Å². The van der Waals surface area contributed by atoms with Crippen LogP contribution in [0.4, 0.5) is 0 Å². The highest BCUT2D eigenvalue weighted by Gasteiger charge is 2.57. The van der Waals surface area contributed by atoms with E-state index in [1.165, 1.54) is 0 Å². The Kier molecular flexibility index (Phi) is 6.64. The molecule has 1 aliphatic rings. The zero-order chi connectivity index (χ0) is 21.3. The fraction of sp³-hybridized carbons (Fsp3) is 0.773. The Bertz CT molecular complexity index is 797. The van der Waals surface area contributed by atoms with E-state index in [0.717, 1.165) is 29.5 Å². The molecule has 1 aliphatic carbocycles. The second kappa shape index (κ2) is 8.13. The predicted octanol–water partition coefficient (Wildman–Crippen LogP) is 4.26. The van der Waals surface area contributed by atoms with Gasteiger partial charge in [0.1, 0.15) is 4.67 Å². The summed E-state index contributed by atoms with van der Waals surface area (Å²) in [5.41, 5.74) is 0.130. The van der Waals surface area contributed by atoms with Gasteiger partial charge in [0.2, 0.25) is 5.91 Å². The molecule has 0 unspecified atom stereocenters. The summed E-state index contributed by atoms with van der Waals surface area (Å²) < 4.78 is 3.02. The summed E-state index contributed by atoms with van der Waals surface area (Å²) in [5.74, 6) is -0.310. The van der Waals surface area contributed by atoms with Crippen LogP contribution in [0.15, 0.2) is 11.2 Å². The lowest BCUT2D eigenvalue weighted by molar-refractivity contribution is -0.137. The molecular formula is C22H37N3O2S. The van der Waals surface area contributed by atoms with Crippen LogP contribution < -0.4 is 9.99 Å². The van der Waals surface area contributed by atoms with Crippen LogP contribution in [-0.2, 0) is 21.5 Å². The number of nitrogens with one attached hydrogen (secondary N) is 1. The van der Waals surface area contributed by atoms with E-state index in [4.69, 9.17) is 0 Å². The van der Waals surface area contributed by atoms with Gasteiger partial charge < -0.3 is 5.32 Å². The number of aromatic nitrogens is 1. The first kappa shape index (κ1) is 22.9. The van der Waals surface area contributed by atoms with Crippen LogP contribution in [-0.4, -0.2) is 22.8 Å². The van der Waals surface area contributed by atoms with Crippen molar-refractivity contribution in [3.05, 3.63) is 16.4 Å². The number of unbranched alkanes of at least 4 members (excludes halogenated alkanes) is 1. The third kappa shape index (κ3) is 4.12. The molecule has 2 rings (SSSR count). The Morgan fingerprint density at radius 2 is 1.96 bits per heavy atom. The molecule has 1 saturated carbocycles. The van der Waals surface area contributed by atoms with Gasteiger partial charge in [-0.05, 0) is 63.4 Å². The van der Waals surface area contributed by atoms with Crippen LogP contribution in [0.2, 0.25) is 0 Å². The summed E-state index contributed by atoms with van der Waals surface area (Å²) in [7, 11) is 1.67. The molecule has 2 amide bonds. The Labute approximate surface area is 173 Å². The zero-order valence-corrected chi connectivity index (χ0v) is 19.6. The smallest absolute Gasteiger partial charge is 0.250 e. The topological polar surface area (TPSA) is 63.5 Å². The van der Waals surface area contributed by atoms with Gasteiger partial charge in [-0.1, -0.05) is 34.1 Å². The van der Waals surface area contributed by atoms with Crippen molar-refractivity contribution in [3.8, 4) is 0 Å². The molecule has 1 heterocycles. The molecule has 1 N–H and O–H groups in total. The van der Waals surface area contributed by atoms with E-state index in [-0.39, 0.29) is 23.3 Å². The standard InChI is InChI=1S/C22H37N3O2S/c1-9-10-11-15-14-25(20(2,3)4)28-18(15)24-17(26)16-12-13-22(7,19(27)23-8)21(16,5)6/h14,16H,9-13H2,1-8H3,(H,23,27)/b24-18-/t16-,22+/m0/s1. The molecule has 0 spiro atoms. The lowest BCUT2D eigenvalue weighted by Gasteiger charge is -2.39. The number of carbonyl (C=O) groups is 2. The first-order chi connectivity index (χ1) is 12.9. The Morgan fingerprint density at radius 3 is 2.50 bits per heavy atom. The summed E-state index contributed by atoms with van der Waals surface area (Å²) in [6.45, 7) is 14.7. The number of nitrogens with zero attached hydrogens (tertiary/aromatic N) is 2. The number of carbonyl (C=O) groups excluding carboxylic acids is 2. The summed E-state index contributed by atoms with van der Waals surface area (Å²) in [6.07, 6.45) is 6.70. The summed E-state index contributed by atoms with van der Waals surface area (Å²) >= 11 is 1.56. The molecule has 1 aromatic rings. The molecule has 28 heavy (non-hydrogen) atoms. The van der Waals surface area contributed by atoms with Crippen LogP contribution in [0.5, 0.6) is 0 Å². The molecule has 1 fully saturated rings. The number of rotatable bonds is 5. The normalized spacial score (nSPS) is 25.1. The molecule has 0 radical (unpaired) electrons. The predicted molar refractivity (Wildman–Crippen MR) is 115 cm³/mol. The number of amides is 2. The Balaban J connectivity index is 2.41. The molecule has 1 aromatic heterocycles.